The summed E-state index contributed by atoms with van der Waals surface area (Å²) in [5, 5.41) is 10.5. The molecule has 0 spiro atoms. The molecule has 3 heterocycles. The van der Waals surface area contributed by atoms with Crippen LogP contribution in [-0.4, -0.2) is 79.0 Å². The number of anilines is 2. The Morgan fingerprint density at radius 1 is 1.22 bits per heavy atom. The summed E-state index contributed by atoms with van der Waals surface area (Å²) < 4.78 is 8.89. The smallest absolute Gasteiger partial charge is 0.322 e. The summed E-state index contributed by atoms with van der Waals surface area (Å²) in [5.74, 6) is 1.15. The second-order valence-electron chi connectivity index (χ2n) is 7.96. The van der Waals surface area contributed by atoms with Crippen molar-refractivity contribution in [1.29, 1.82) is 0 Å². The van der Waals surface area contributed by atoms with Crippen LogP contribution < -0.4 is 15.0 Å². The predicted octanol–water partition coefficient (Wildman–Crippen LogP) is 3.74. The highest BCUT2D eigenvalue weighted by Crippen LogP contribution is 2.31. The lowest BCUT2D eigenvalue weighted by Gasteiger charge is -2.36. The average molecular weight is 479 g/mol. The topological polar surface area (TPSA) is 65.9 Å². The van der Waals surface area contributed by atoms with Crippen LogP contribution in [0.1, 0.15) is 6.42 Å². The summed E-state index contributed by atoms with van der Waals surface area (Å²) in [7, 11) is 5.20. The molecule has 1 aliphatic rings. The van der Waals surface area contributed by atoms with Crippen LogP contribution in [0.25, 0.3) is 10.1 Å². The normalized spacial score (nSPS) is 14.3. The van der Waals surface area contributed by atoms with Crippen LogP contribution in [0.5, 0.6) is 5.88 Å². The summed E-state index contributed by atoms with van der Waals surface area (Å²) in [5.41, 5.74) is 1.36. The van der Waals surface area contributed by atoms with E-state index in [0.717, 1.165) is 39.1 Å². The van der Waals surface area contributed by atoms with E-state index in [9.17, 15) is 4.79 Å². The number of hydrogen-bond donors (Lipinski definition) is 1. The van der Waals surface area contributed by atoms with Crippen LogP contribution in [0, 0.1) is 0 Å². The number of thiophene rings is 1. The maximum Gasteiger partial charge on any atom is 0.322 e. The molecule has 10 heteroatoms. The number of urea groups is 1. The van der Waals surface area contributed by atoms with Crippen molar-refractivity contribution in [2.24, 2.45) is 7.05 Å². The minimum atomic E-state index is -0.209. The van der Waals surface area contributed by atoms with E-state index in [1.54, 1.807) is 36.2 Å². The molecule has 0 atom stereocenters. The molecule has 2 amide bonds. The number of ether oxygens (including phenoxy) is 1. The van der Waals surface area contributed by atoms with Crippen molar-refractivity contribution < 1.29 is 9.53 Å². The molecule has 0 bridgehead atoms. The summed E-state index contributed by atoms with van der Waals surface area (Å²) in [6.45, 7) is 5.85. The van der Waals surface area contributed by atoms with Gasteiger partial charge in [-0.05, 0) is 30.0 Å². The molecule has 0 saturated carbocycles. The molecule has 4 rings (SSSR count). The number of nitrogens with one attached hydrogen (secondary N) is 1. The van der Waals surface area contributed by atoms with Crippen molar-refractivity contribution in [2.45, 2.75) is 6.42 Å². The first-order chi connectivity index (χ1) is 15.0. The number of aryl methyl sites for hydroxylation is 1. The summed E-state index contributed by atoms with van der Waals surface area (Å²) >= 11 is 1.80. The van der Waals surface area contributed by atoms with Crippen LogP contribution in [-0.2, 0) is 7.05 Å². The van der Waals surface area contributed by atoms with Crippen molar-refractivity contribution in [2.75, 3.05) is 63.6 Å². The molecule has 1 fully saturated rings. The van der Waals surface area contributed by atoms with Gasteiger partial charge in [-0.25, -0.2) is 9.48 Å². The second-order valence-corrected chi connectivity index (χ2v) is 8.90. The average Bonchev–Trinajstić information content (AvgIpc) is 3.38. The number of rotatable bonds is 7. The zero-order valence-electron chi connectivity index (χ0n) is 18.8. The van der Waals surface area contributed by atoms with Gasteiger partial charge in [0.2, 0.25) is 5.88 Å². The van der Waals surface area contributed by atoms with E-state index in [0.29, 0.717) is 18.3 Å². The number of aromatic nitrogens is 2. The molecule has 1 saturated heterocycles. The highest BCUT2D eigenvalue weighted by molar-refractivity contribution is 7.17. The van der Waals surface area contributed by atoms with Gasteiger partial charge in [-0.2, -0.15) is 5.10 Å². The van der Waals surface area contributed by atoms with Crippen molar-refractivity contribution in [3.05, 3.63) is 35.7 Å². The van der Waals surface area contributed by atoms with E-state index >= 15 is 0 Å². The van der Waals surface area contributed by atoms with Gasteiger partial charge in [0.1, 0.15) is 0 Å². The minimum absolute atomic E-state index is 0. The van der Waals surface area contributed by atoms with Crippen molar-refractivity contribution >= 4 is 51.4 Å². The number of nitrogens with zero attached hydrogens (tertiary/aromatic N) is 5. The number of fused-ring (bicyclic) bond motifs is 1. The first-order valence-electron chi connectivity index (χ1n) is 10.6. The number of benzene rings is 1. The fraction of sp³-hybridized carbons (Fsp3) is 0.455. The lowest BCUT2D eigenvalue weighted by Crippen LogP contribution is -2.46. The molecule has 0 aliphatic carbocycles. The van der Waals surface area contributed by atoms with E-state index in [4.69, 9.17) is 4.74 Å². The summed E-state index contributed by atoms with van der Waals surface area (Å²) in [4.78, 5) is 18.2. The number of amides is 2. The van der Waals surface area contributed by atoms with Crippen LogP contribution in [0.2, 0.25) is 0 Å². The van der Waals surface area contributed by atoms with Gasteiger partial charge in [0.25, 0.3) is 0 Å². The van der Waals surface area contributed by atoms with Gasteiger partial charge < -0.3 is 14.5 Å². The molecule has 174 valence electrons. The summed E-state index contributed by atoms with van der Waals surface area (Å²) in [6, 6.07) is 10.4. The Hall–Kier alpha value is -2.49. The molecule has 32 heavy (non-hydrogen) atoms. The molecule has 0 unspecified atom stereocenters. The van der Waals surface area contributed by atoms with Crippen LogP contribution in [0.3, 0.4) is 0 Å². The molecule has 1 N–H and O–H groups in total. The zero-order valence-corrected chi connectivity index (χ0v) is 20.4. The van der Waals surface area contributed by atoms with Crippen LogP contribution in [0.4, 0.5) is 16.3 Å². The van der Waals surface area contributed by atoms with E-state index in [2.05, 4.69) is 49.9 Å². The fourth-order valence-corrected chi connectivity index (χ4v) is 4.61. The Kier molecular flexibility index (Phi) is 8.22. The van der Waals surface area contributed by atoms with Gasteiger partial charge in [-0.1, -0.05) is 6.07 Å². The van der Waals surface area contributed by atoms with E-state index in [-0.39, 0.29) is 18.4 Å². The van der Waals surface area contributed by atoms with Gasteiger partial charge in [0.05, 0.1) is 6.61 Å². The lowest BCUT2D eigenvalue weighted by molar-refractivity contribution is 0.218. The molecule has 3 aromatic rings. The molecule has 1 aliphatic heterocycles. The molecular weight excluding hydrogens is 448 g/mol. The zero-order chi connectivity index (χ0) is 21.8. The third-order valence-electron chi connectivity index (χ3n) is 5.53. The Morgan fingerprint density at radius 2 is 2.00 bits per heavy atom. The Balaban J connectivity index is 0.00000289. The van der Waals surface area contributed by atoms with Gasteiger partial charge in [0.15, 0.2) is 5.82 Å². The van der Waals surface area contributed by atoms with Gasteiger partial charge >= 0.3 is 6.03 Å². The first-order valence-corrected chi connectivity index (χ1v) is 11.5. The van der Waals surface area contributed by atoms with Crippen LogP contribution in [0.15, 0.2) is 35.7 Å². The molecule has 8 nitrogen and oxygen atoms in total. The van der Waals surface area contributed by atoms with Gasteiger partial charge in [-0.15, -0.1) is 23.7 Å². The quantitative estimate of drug-likeness (QED) is 0.524. The Morgan fingerprint density at radius 3 is 2.75 bits per heavy atom. The van der Waals surface area contributed by atoms with E-state index < -0.39 is 0 Å². The molecule has 1 aromatic carbocycles. The maximum atomic E-state index is 11.7. The predicted molar refractivity (Wildman–Crippen MR) is 134 cm³/mol. The largest absolute Gasteiger partial charge is 0.478 e. The van der Waals surface area contributed by atoms with E-state index in [1.165, 1.54) is 20.7 Å². The Bertz CT molecular complexity index is 1030. The number of carbonyl (C=O) groups excluding carboxylic acids is 1. The Labute approximate surface area is 199 Å². The second kappa shape index (κ2) is 10.9. The van der Waals surface area contributed by atoms with Crippen molar-refractivity contribution in [1.82, 2.24) is 19.6 Å². The summed E-state index contributed by atoms with van der Waals surface area (Å²) in [6.07, 6.45) is 0.949. The van der Waals surface area contributed by atoms with Gasteiger partial charge in [-0.3, -0.25) is 10.2 Å². The monoisotopic (exact) mass is 478 g/mol. The molecular formula is C22H31ClN6O2S. The SMILES string of the molecule is CN(C)C(=O)Nc1cc(OCCCN2CCN(c3cccc4sccc34)CC2)n(C)n1.Cl. The van der Waals surface area contributed by atoms with Gasteiger partial charge in [0, 0.05) is 75.7 Å². The highest BCUT2D eigenvalue weighted by atomic mass is 35.5. The third kappa shape index (κ3) is 5.65. The highest BCUT2D eigenvalue weighted by Gasteiger charge is 2.18. The van der Waals surface area contributed by atoms with Crippen LogP contribution >= 0.6 is 23.7 Å². The number of halogens is 1. The van der Waals surface area contributed by atoms with E-state index in [1.807, 2.05) is 7.05 Å². The lowest BCUT2D eigenvalue weighted by atomic mass is 10.2. The number of carbonyl (C=O) groups is 1. The molecule has 2 aromatic heterocycles. The molecule has 0 radical (unpaired) electrons. The number of piperazine rings is 1. The first kappa shape index (κ1) is 24.2. The minimum Gasteiger partial charge on any atom is -0.478 e. The third-order valence-corrected chi connectivity index (χ3v) is 6.41. The standard InChI is InChI=1S/C22H30N6O2S.ClH/c1-25(2)22(29)23-20-16-21(26(3)24-20)30-14-5-9-27-10-12-28(13-11-27)18-6-4-7-19-17(18)8-15-31-19;/h4,6-8,15-16H,5,9-14H2,1-3H3,(H,23,24,29);1H. The number of hydrogen-bond acceptors (Lipinski definition) is 6. The maximum absolute atomic E-state index is 11.7. The fourth-order valence-electron chi connectivity index (χ4n) is 3.80. The van der Waals surface area contributed by atoms with Crippen molar-refractivity contribution in [3.63, 3.8) is 0 Å². The van der Waals surface area contributed by atoms with Crippen molar-refractivity contribution in [3.8, 4) is 5.88 Å².